The zero-order chi connectivity index (χ0) is 16.0. The van der Waals surface area contributed by atoms with E-state index in [1.54, 1.807) is 0 Å². The summed E-state index contributed by atoms with van der Waals surface area (Å²) in [5.41, 5.74) is 0. The summed E-state index contributed by atoms with van der Waals surface area (Å²) in [6.07, 6.45) is 10.5. The fourth-order valence-corrected chi connectivity index (χ4v) is 3.24. The third kappa shape index (κ3) is 9.82. The van der Waals surface area contributed by atoms with Crippen LogP contribution in [0.4, 0.5) is 0 Å². The van der Waals surface area contributed by atoms with Gasteiger partial charge in [0.2, 0.25) is 5.91 Å². The summed E-state index contributed by atoms with van der Waals surface area (Å²) in [7, 11) is 0. The summed E-state index contributed by atoms with van der Waals surface area (Å²) >= 11 is 1.81. The first-order chi connectivity index (χ1) is 10.7. The molecule has 0 aliphatic heterocycles. The molecule has 1 aromatic rings. The minimum Gasteiger partial charge on any atom is -0.356 e. The Kier molecular flexibility index (Phi) is 10.8. The summed E-state index contributed by atoms with van der Waals surface area (Å²) in [6, 6.07) is 6.01. The molecule has 0 saturated carbocycles. The van der Waals surface area contributed by atoms with Gasteiger partial charge in [-0.25, -0.2) is 4.98 Å². The van der Waals surface area contributed by atoms with E-state index >= 15 is 0 Å². The Hall–Kier alpha value is -1.03. The molecular weight excluding hydrogens is 292 g/mol. The van der Waals surface area contributed by atoms with Crippen LogP contribution in [0, 0.1) is 0 Å². The highest BCUT2D eigenvalue weighted by atomic mass is 32.2. The molecule has 1 heterocycles. The maximum Gasteiger partial charge on any atom is 0.219 e. The molecule has 22 heavy (non-hydrogen) atoms. The standard InChI is InChI=1S/C18H30N2OS/c1-3-4-5-9-14-19-17(21)12-7-6-11-16(2)22-18-13-8-10-15-20-18/h8,10,13,15-16H,3-7,9,11-12,14H2,1-2H3,(H,19,21). The lowest BCUT2D eigenvalue weighted by Crippen LogP contribution is -2.24. The van der Waals surface area contributed by atoms with Crippen LogP contribution in [0.2, 0.25) is 0 Å². The largest absolute Gasteiger partial charge is 0.356 e. The van der Waals surface area contributed by atoms with Crippen LogP contribution in [0.3, 0.4) is 0 Å². The zero-order valence-electron chi connectivity index (χ0n) is 14.0. The van der Waals surface area contributed by atoms with Gasteiger partial charge >= 0.3 is 0 Å². The van der Waals surface area contributed by atoms with Crippen molar-refractivity contribution in [1.82, 2.24) is 10.3 Å². The Labute approximate surface area is 139 Å². The number of aromatic nitrogens is 1. The van der Waals surface area contributed by atoms with Gasteiger partial charge in [0.15, 0.2) is 0 Å². The number of nitrogens with zero attached hydrogens (tertiary/aromatic N) is 1. The van der Waals surface area contributed by atoms with Gasteiger partial charge in [0.1, 0.15) is 0 Å². The summed E-state index contributed by atoms with van der Waals surface area (Å²) in [6.45, 7) is 5.27. The highest BCUT2D eigenvalue weighted by Crippen LogP contribution is 2.24. The van der Waals surface area contributed by atoms with E-state index < -0.39 is 0 Å². The van der Waals surface area contributed by atoms with Crippen LogP contribution < -0.4 is 5.32 Å². The van der Waals surface area contributed by atoms with E-state index in [2.05, 4.69) is 24.1 Å². The smallest absolute Gasteiger partial charge is 0.219 e. The highest BCUT2D eigenvalue weighted by Gasteiger charge is 2.06. The SMILES string of the molecule is CCCCCCNC(=O)CCCCC(C)Sc1ccccn1. The second-order valence-corrected chi connectivity index (χ2v) is 7.21. The number of nitrogens with one attached hydrogen (secondary N) is 1. The average Bonchev–Trinajstić information content (AvgIpc) is 2.52. The van der Waals surface area contributed by atoms with Crippen molar-refractivity contribution in [2.45, 2.75) is 75.5 Å². The number of hydrogen-bond acceptors (Lipinski definition) is 3. The van der Waals surface area contributed by atoms with Gasteiger partial charge in [0.25, 0.3) is 0 Å². The second kappa shape index (κ2) is 12.5. The molecule has 0 spiro atoms. The molecule has 0 bridgehead atoms. The van der Waals surface area contributed by atoms with Gasteiger partial charge in [0.05, 0.1) is 5.03 Å². The summed E-state index contributed by atoms with van der Waals surface area (Å²) in [5.74, 6) is 0.210. The first-order valence-electron chi connectivity index (χ1n) is 8.56. The van der Waals surface area contributed by atoms with Crippen molar-refractivity contribution in [1.29, 1.82) is 0 Å². The first-order valence-corrected chi connectivity index (χ1v) is 9.44. The molecule has 124 valence electrons. The lowest BCUT2D eigenvalue weighted by atomic mass is 10.1. The van der Waals surface area contributed by atoms with Crippen LogP contribution >= 0.6 is 11.8 Å². The highest BCUT2D eigenvalue weighted by molar-refractivity contribution is 7.99. The summed E-state index contributed by atoms with van der Waals surface area (Å²) in [4.78, 5) is 16.0. The van der Waals surface area contributed by atoms with Gasteiger partial charge in [0, 0.05) is 24.4 Å². The quantitative estimate of drug-likeness (QED) is 0.443. The Bertz CT molecular complexity index is 397. The van der Waals surface area contributed by atoms with E-state index in [0.717, 1.165) is 37.3 Å². The van der Waals surface area contributed by atoms with E-state index in [0.29, 0.717) is 11.7 Å². The third-order valence-electron chi connectivity index (χ3n) is 3.58. The summed E-state index contributed by atoms with van der Waals surface area (Å²) < 4.78 is 0. The molecule has 1 rings (SSSR count). The molecular formula is C18H30N2OS. The molecule has 0 radical (unpaired) electrons. The van der Waals surface area contributed by atoms with E-state index in [4.69, 9.17) is 0 Å². The number of carbonyl (C=O) groups is 1. The number of amides is 1. The predicted octanol–water partition coefficient (Wildman–Crippen LogP) is 4.82. The Balaban J connectivity index is 1.98. The van der Waals surface area contributed by atoms with Crippen molar-refractivity contribution in [3.05, 3.63) is 24.4 Å². The van der Waals surface area contributed by atoms with E-state index in [9.17, 15) is 4.79 Å². The normalized spacial score (nSPS) is 12.1. The monoisotopic (exact) mass is 322 g/mol. The van der Waals surface area contributed by atoms with Gasteiger partial charge in [-0.05, 0) is 31.4 Å². The van der Waals surface area contributed by atoms with Crippen LogP contribution in [0.15, 0.2) is 29.4 Å². The van der Waals surface area contributed by atoms with Gasteiger partial charge in [-0.2, -0.15) is 0 Å². The van der Waals surface area contributed by atoms with Crippen molar-refractivity contribution in [2.24, 2.45) is 0 Å². The number of unbranched alkanes of at least 4 members (excludes halogenated alkanes) is 4. The number of hydrogen-bond donors (Lipinski definition) is 1. The Morgan fingerprint density at radius 2 is 2.09 bits per heavy atom. The number of carbonyl (C=O) groups excluding carboxylic acids is 1. The van der Waals surface area contributed by atoms with Crippen LogP contribution in [-0.4, -0.2) is 22.7 Å². The molecule has 3 nitrogen and oxygen atoms in total. The van der Waals surface area contributed by atoms with Gasteiger partial charge in [-0.3, -0.25) is 4.79 Å². The maximum atomic E-state index is 11.7. The number of thioether (sulfide) groups is 1. The number of pyridine rings is 1. The van der Waals surface area contributed by atoms with Gasteiger partial charge in [-0.15, -0.1) is 11.8 Å². The molecule has 0 saturated heterocycles. The average molecular weight is 323 g/mol. The van der Waals surface area contributed by atoms with Crippen LogP contribution in [0.1, 0.15) is 65.2 Å². The lowest BCUT2D eigenvalue weighted by molar-refractivity contribution is -0.121. The van der Waals surface area contributed by atoms with Crippen molar-refractivity contribution in [3.8, 4) is 0 Å². The van der Waals surface area contributed by atoms with Crippen molar-refractivity contribution >= 4 is 17.7 Å². The van der Waals surface area contributed by atoms with Crippen LogP contribution in [0.25, 0.3) is 0 Å². The molecule has 4 heteroatoms. The molecule has 1 unspecified atom stereocenters. The number of rotatable bonds is 12. The topological polar surface area (TPSA) is 42.0 Å². The zero-order valence-corrected chi connectivity index (χ0v) is 14.8. The molecule has 1 amide bonds. The fourth-order valence-electron chi connectivity index (χ4n) is 2.27. The van der Waals surface area contributed by atoms with Crippen molar-refractivity contribution in [3.63, 3.8) is 0 Å². The third-order valence-corrected chi connectivity index (χ3v) is 4.70. The molecule has 1 atom stereocenters. The van der Waals surface area contributed by atoms with E-state index in [1.807, 2.05) is 36.2 Å². The second-order valence-electron chi connectivity index (χ2n) is 5.75. The Morgan fingerprint density at radius 3 is 2.82 bits per heavy atom. The first kappa shape index (κ1) is 19.0. The van der Waals surface area contributed by atoms with Gasteiger partial charge < -0.3 is 5.32 Å². The van der Waals surface area contributed by atoms with E-state index in [-0.39, 0.29) is 5.91 Å². The molecule has 0 fully saturated rings. The molecule has 0 aliphatic carbocycles. The van der Waals surface area contributed by atoms with Crippen molar-refractivity contribution in [2.75, 3.05) is 6.54 Å². The summed E-state index contributed by atoms with van der Waals surface area (Å²) in [5, 5.41) is 4.65. The predicted molar refractivity (Wildman–Crippen MR) is 95.2 cm³/mol. The molecule has 1 aromatic heterocycles. The van der Waals surface area contributed by atoms with E-state index in [1.165, 1.54) is 19.3 Å². The molecule has 0 aromatic carbocycles. The van der Waals surface area contributed by atoms with Crippen molar-refractivity contribution < 1.29 is 4.79 Å². The molecule has 0 aliphatic rings. The van der Waals surface area contributed by atoms with Gasteiger partial charge in [-0.1, -0.05) is 45.6 Å². The Morgan fingerprint density at radius 1 is 1.23 bits per heavy atom. The maximum absolute atomic E-state index is 11.7. The molecule has 1 N–H and O–H groups in total. The lowest BCUT2D eigenvalue weighted by Gasteiger charge is -2.10. The van der Waals surface area contributed by atoms with Crippen LogP contribution in [0.5, 0.6) is 0 Å². The minimum atomic E-state index is 0.210. The van der Waals surface area contributed by atoms with Crippen LogP contribution in [-0.2, 0) is 4.79 Å². The minimum absolute atomic E-state index is 0.210. The fraction of sp³-hybridized carbons (Fsp3) is 0.667.